The molecule has 0 N–H and O–H groups in total. The molecule has 1 aliphatic heterocycles. The lowest BCUT2D eigenvalue weighted by atomic mass is 10.0. The Hall–Kier alpha value is -1.44. The number of nitrogens with zero attached hydrogens (tertiary/aromatic N) is 1. The molecule has 66 valence electrons. The van der Waals surface area contributed by atoms with Crippen molar-refractivity contribution < 1.29 is 4.79 Å². The molecule has 0 bridgehead atoms. The standard InChI is InChI=1S/C11H11NO/c1-8(13)9-6-7-12-11-5-3-2-4-10(9)11/h2-5H,6-7H2,1H3. The van der Waals surface area contributed by atoms with Crippen molar-refractivity contribution in [3.8, 4) is 0 Å². The largest absolute Gasteiger partial charge is 0.295 e. The highest BCUT2D eigenvalue weighted by molar-refractivity contribution is 6.13. The summed E-state index contributed by atoms with van der Waals surface area (Å²) in [7, 11) is 0. The highest BCUT2D eigenvalue weighted by Crippen LogP contribution is 2.03. The van der Waals surface area contributed by atoms with Crippen LogP contribution >= 0.6 is 0 Å². The zero-order chi connectivity index (χ0) is 9.26. The number of carbonyl (C=O) groups excluding carboxylic acids is 1. The Kier molecular flexibility index (Phi) is 1.97. The van der Waals surface area contributed by atoms with Gasteiger partial charge in [-0.05, 0) is 19.4 Å². The molecule has 1 aromatic rings. The molecule has 0 aliphatic carbocycles. The van der Waals surface area contributed by atoms with Crippen LogP contribution in [0.25, 0.3) is 5.57 Å². The molecule has 0 saturated carbocycles. The van der Waals surface area contributed by atoms with Crippen LogP contribution in [-0.4, -0.2) is 12.3 Å². The quantitative estimate of drug-likeness (QED) is 0.606. The van der Waals surface area contributed by atoms with E-state index in [2.05, 4.69) is 4.99 Å². The molecule has 0 fully saturated rings. The van der Waals surface area contributed by atoms with Crippen molar-refractivity contribution in [2.75, 3.05) is 6.54 Å². The Labute approximate surface area is 76.6 Å². The summed E-state index contributed by atoms with van der Waals surface area (Å²) in [4.78, 5) is 15.6. The van der Waals surface area contributed by atoms with E-state index in [0.717, 1.165) is 29.1 Å². The summed E-state index contributed by atoms with van der Waals surface area (Å²) in [5.41, 5.74) is 0.922. The van der Waals surface area contributed by atoms with E-state index in [-0.39, 0.29) is 5.78 Å². The summed E-state index contributed by atoms with van der Waals surface area (Å²) in [5.74, 6) is 0.169. The molecule has 0 amide bonds. The Morgan fingerprint density at radius 1 is 1.38 bits per heavy atom. The summed E-state index contributed by atoms with van der Waals surface area (Å²) in [6.07, 6.45) is 0.784. The van der Waals surface area contributed by atoms with Crippen LogP contribution in [0.15, 0.2) is 29.3 Å². The van der Waals surface area contributed by atoms with Gasteiger partial charge in [-0.3, -0.25) is 9.79 Å². The SMILES string of the molecule is CC(=O)C1=c2ccccc2=NCC1. The molecule has 0 saturated heterocycles. The van der Waals surface area contributed by atoms with Gasteiger partial charge in [0.25, 0.3) is 0 Å². The van der Waals surface area contributed by atoms with Gasteiger partial charge in [0.15, 0.2) is 5.78 Å². The normalized spacial score (nSPS) is 14.7. The van der Waals surface area contributed by atoms with Gasteiger partial charge in [-0.25, -0.2) is 0 Å². The molecule has 1 aromatic carbocycles. The van der Waals surface area contributed by atoms with Crippen LogP contribution in [-0.2, 0) is 4.79 Å². The number of benzene rings is 1. The number of hydrogen-bond acceptors (Lipinski definition) is 2. The van der Waals surface area contributed by atoms with E-state index in [4.69, 9.17) is 0 Å². The van der Waals surface area contributed by atoms with Gasteiger partial charge in [0.1, 0.15) is 0 Å². The lowest BCUT2D eigenvalue weighted by molar-refractivity contribution is -0.112. The lowest BCUT2D eigenvalue weighted by Crippen LogP contribution is -2.32. The molecule has 1 heterocycles. The third-order valence-corrected chi connectivity index (χ3v) is 2.30. The van der Waals surface area contributed by atoms with Gasteiger partial charge < -0.3 is 0 Å². The maximum absolute atomic E-state index is 11.3. The van der Waals surface area contributed by atoms with Gasteiger partial charge in [-0.2, -0.15) is 0 Å². The van der Waals surface area contributed by atoms with Crippen molar-refractivity contribution in [3.05, 3.63) is 34.8 Å². The van der Waals surface area contributed by atoms with E-state index in [9.17, 15) is 4.79 Å². The fourth-order valence-electron chi connectivity index (χ4n) is 1.66. The number of fused-ring (bicyclic) bond motifs is 1. The molecule has 0 unspecified atom stereocenters. The minimum absolute atomic E-state index is 0.169. The summed E-state index contributed by atoms with van der Waals surface area (Å²) in [5, 5.41) is 1.97. The third-order valence-electron chi connectivity index (χ3n) is 2.30. The van der Waals surface area contributed by atoms with Crippen molar-refractivity contribution in [1.82, 2.24) is 0 Å². The second kappa shape index (κ2) is 3.13. The predicted octanol–water partition coefficient (Wildman–Crippen LogP) is 0.450. The average molecular weight is 173 g/mol. The van der Waals surface area contributed by atoms with Crippen LogP contribution in [0.2, 0.25) is 0 Å². The maximum atomic E-state index is 11.3. The second-order valence-corrected chi connectivity index (χ2v) is 3.18. The molecule has 0 radical (unpaired) electrons. The Bertz CT molecular complexity index is 459. The number of ketones is 1. The molecular weight excluding hydrogens is 162 g/mol. The number of para-hydroxylation sites is 1. The molecule has 0 atom stereocenters. The molecule has 2 nitrogen and oxygen atoms in total. The Balaban J connectivity index is 2.83. The van der Waals surface area contributed by atoms with E-state index in [1.165, 1.54) is 0 Å². The molecule has 2 rings (SSSR count). The fraction of sp³-hybridized carbons (Fsp3) is 0.273. The lowest BCUT2D eigenvalue weighted by Gasteiger charge is -2.06. The van der Waals surface area contributed by atoms with Crippen LogP contribution in [0.5, 0.6) is 0 Å². The molecule has 2 heteroatoms. The van der Waals surface area contributed by atoms with Crippen LogP contribution < -0.4 is 10.6 Å². The van der Waals surface area contributed by atoms with Crippen LogP contribution in [0.1, 0.15) is 13.3 Å². The first kappa shape index (κ1) is 8.17. The third kappa shape index (κ3) is 1.39. The summed E-state index contributed by atoms with van der Waals surface area (Å²) in [6.45, 7) is 2.36. The monoisotopic (exact) mass is 173 g/mol. The van der Waals surface area contributed by atoms with E-state index in [0.29, 0.717) is 0 Å². The molecule has 13 heavy (non-hydrogen) atoms. The van der Waals surface area contributed by atoms with Crippen molar-refractivity contribution >= 4 is 11.4 Å². The fourth-order valence-corrected chi connectivity index (χ4v) is 1.66. The Morgan fingerprint density at radius 2 is 2.15 bits per heavy atom. The predicted molar refractivity (Wildman–Crippen MR) is 50.8 cm³/mol. The minimum atomic E-state index is 0.169. The number of Topliss-reactive ketones (excluding diaryl/α,β-unsaturated/α-hetero) is 1. The summed E-state index contributed by atoms with van der Waals surface area (Å²) < 4.78 is 0. The van der Waals surface area contributed by atoms with Crippen molar-refractivity contribution in [3.63, 3.8) is 0 Å². The number of hydrogen-bond donors (Lipinski definition) is 0. The molecule has 0 aromatic heterocycles. The van der Waals surface area contributed by atoms with Crippen molar-refractivity contribution in [1.29, 1.82) is 0 Å². The van der Waals surface area contributed by atoms with E-state index >= 15 is 0 Å². The van der Waals surface area contributed by atoms with Crippen LogP contribution in [0, 0.1) is 0 Å². The van der Waals surface area contributed by atoms with E-state index < -0.39 is 0 Å². The van der Waals surface area contributed by atoms with Gasteiger partial charge in [-0.15, -0.1) is 0 Å². The first-order chi connectivity index (χ1) is 6.29. The van der Waals surface area contributed by atoms with Crippen LogP contribution in [0.4, 0.5) is 0 Å². The van der Waals surface area contributed by atoms with E-state index in [1.54, 1.807) is 6.92 Å². The van der Waals surface area contributed by atoms with Gasteiger partial charge in [0.2, 0.25) is 0 Å². The zero-order valence-electron chi connectivity index (χ0n) is 7.58. The van der Waals surface area contributed by atoms with Crippen molar-refractivity contribution in [2.45, 2.75) is 13.3 Å². The number of carbonyl (C=O) groups is 1. The van der Waals surface area contributed by atoms with Gasteiger partial charge in [0, 0.05) is 17.3 Å². The van der Waals surface area contributed by atoms with E-state index in [1.807, 2.05) is 24.3 Å². The second-order valence-electron chi connectivity index (χ2n) is 3.18. The number of rotatable bonds is 1. The van der Waals surface area contributed by atoms with Crippen LogP contribution in [0.3, 0.4) is 0 Å². The maximum Gasteiger partial charge on any atom is 0.156 e. The molecule has 1 aliphatic rings. The van der Waals surface area contributed by atoms with Crippen molar-refractivity contribution in [2.24, 2.45) is 4.99 Å². The minimum Gasteiger partial charge on any atom is -0.295 e. The summed E-state index contributed by atoms with van der Waals surface area (Å²) in [6, 6.07) is 7.82. The first-order valence-corrected chi connectivity index (χ1v) is 4.42. The first-order valence-electron chi connectivity index (χ1n) is 4.42. The van der Waals surface area contributed by atoms with Gasteiger partial charge >= 0.3 is 0 Å². The molecule has 0 spiro atoms. The highest BCUT2D eigenvalue weighted by atomic mass is 16.1. The smallest absolute Gasteiger partial charge is 0.156 e. The Morgan fingerprint density at radius 3 is 2.92 bits per heavy atom. The zero-order valence-corrected chi connectivity index (χ0v) is 7.58. The average Bonchev–Trinajstić information content (AvgIpc) is 2.17. The topological polar surface area (TPSA) is 29.4 Å². The molecular formula is C11H11NO. The van der Waals surface area contributed by atoms with Gasteiger partial charge in [-0.1, -0.05) is 18.2 Å². The summed E-state index contributed by atoms with van der Waals surface area (Å²) >= 11 is 0. The van der Waals surface area contributed by atoms with Gasteiger partial charge in [0.05, 0.1) is 5.36 Å². The highest BCUT2D eigenvalue weighted by Gasteiger charge is 2.08.